The van der Waals surface area contributed by atoms with E-state index in [0.29, 0.717) is 31.5 Å². The molecule has 0 radical (unpaired) electrons. The van der Waals surface area contributed by atoms with E-state index in [1.807, 2.05) is 20.8 Å². The number of nitrogens with zero attached hydrogens (tertiary/aromatic N) is 1. The quantitative estimate of drug-likeness (QED) is 0.306. The number of ether oxygens (including phenoxy) is 1. The van der Waals surface area contributed by atoms with Crippen molar-refractivity contribution < 1.29 is 17.9 Å². The van der Waals surface area contributed by atoms with Crippen LogP contribution >= 0.6 is 0 Å². The zero-order valence-corrected chi connectivity index (χ0v) is 19.5. The molecule has 0 saturated heterocycles. The number of carbonyl (C=O) groups is 1. The zero-order valence-electron chi connectivity index (χ0n) is 18.7. The van der Waals surface area contributed by atoms with Gasteiger partial charge in [0.15, 0.2) is 5.96 Å². The van der Waals surface area contributed by atoms with Gasteiger partial charge in [-0.25, -0.2) is 17.9 Å². The Morgan fingerprint density at radius 2 is 1.79 bits per heavy atom. The van der Waals surface area contributed by atoms with Crippen molar-refractivity contribution in [3.8, 4) is 0 Å². The summed E-state index contributed by atoms with van der Waals surface area (Å²) < 4.78 is 32.1. The van der Waals surface area contributed by atoms with E-state index in [2.05, 4.69) is 25.7 Å². The number of carbonyl (C=O) groups excluding carboxylic acids is 1. The van der Waals surface area contributed by atoms with E-state index in [1.165, 1.54) is 6.42 Å². The van der Waals surface area contributed by atoms with Crippen LogP contribution in [0.2, 0.25) is 0 Å². The molecule has 0 aromatic heterocycles. The van der Waals surface area contributed by atoms with Crippen LogP contribution in [0.15, 0.2) is 4.99 Å². The molecule has 1 fully saturated rings. The molecule has 0 heterocycles. The summed E-state index contributed by atoms with van der Waals surface area (Å²) in [4.78, 5) is 16.4. The van der Waals surface area contributed by atoms with Gasteiger partial charge in [0.05, 0.1) is 17.8 Å². The number of hydrogen-bond donors (Lipinski definition) is 4. The maximum atomic E-state index is 12.1. The van der Waals surface area contributed by atoms with Crippen molar-refractivity contribution in [3.05, 3.63) is 0 Å². The maximum absolute atomic E-state index is 12.1. The Bertz CT molecular complexity index is 652. The van der Waals surface area contributed by atoms with E-state index in [-0.39, 0.29) is 12.3 Å². The molecule has 0 atom stereocenters. The van der Waals surface area contributed by atoms with Crippen molar-refractivity contribution in [3.63, 3.8) is 0 Å². The van der Waals surface area contributed by atoms with Crippen LogP contribution in [0.1, 0.15) is 60.8 Å². The molecule has 0 unspecified atom stereocenters. The van der Waals surface area contributed by atoms with Crippen LogP contribution in [0.3, 0.4) is 0 Å². The van der Waals surface area contributed by atoms with Crippen molar-refractivity contribution in [2.24, 2.45) is 10.9 Å². The van der Waals surface area contributed by atoms with Crippen LogP contribution in [0, 0.1) is 5.92 Å². The maximum Gasteiger partial charge on any atom is 0.408 e. The van der Waals surface area contributed by atoms with Crippen LogP contribution < -0.4 is 20.7 Å². The topological polar surface area (TPSA) is 121 Å². The molecule has 1 aliphatic carbocycles. The number of nitrogens with one attached hydrogen (secondary N) is 4. The zero-order chi connectivity index (χ0) is 22.1. The summed E-state index contributed by atoms with van der Waals surface area (Å²) in [6, 6.07) is 0. The predicted octanol–water partition coefficient (Wildman–Crippen LogP) is 1.56. The van der Waals surface area contributed by atoms with Gasteiger partial charge in [-0.1, -0.05) is 6.42 Å². The average Bonchev–Trinajstić information content (AvgIpc) is 2.48. The van der Waals surface area contributed by atoms with E-state index >= 15 is 0 Å². The fourth-order valence-electron chi connectivity index (χ4n) is 2.56. The lowest BCUT2D eigenvalue weighted by Crippen LogP contribution is -2.49. The number of sulfonamides is 1. The SMILES string of the molecule is CCNC(=NCC(C)(C)NC(=O)OC(C)(C)C)NCCS(=O)(=O)NCC1CCC1. The molecule has 1 rings (SSSR count). The Balaban J connectivity index is 2.48. The van der Waals surface area contributed by atoms with Crippen molar-refractivity contribution in [1.82, 2.24) is 20.7 Å². The van der Waals surface area contributed by atoms with Gasteiger partial charge >= 0.3 is 6.09 Å². The third-order valence-corrected chi connectivity index (χ3v) is 5.64. The summed E-state index contributed by atoms with van der Waals surface area (Å²) in [7, 11) is -3.31. The van der Waals surface area contributed by atoms with Crippen LogP contribution in [0.25, 0.3) is 0 Å². The first-order valence-corrected chi connectivity index (χ1v) is 12.0. The fraction of sp³-hybridized carbons (Fsp3) is 0.895. The highest BCUT2D eigenvalue weighted by Crippen LogP contribution is 2.25. The van der Waals surface area contributed by atoms with Crippen LogP contribution in [0.4, 0.5) is 4.79 Å². The number of guanidine groups is 1. The predicted molar refractivity (Wildman–Crippen MR) is 117 cm³/mol. The lowest BCUT2D eigenvalue weighted by atomic mass is 9.86. The van der Waals surface area contributed by atoms with Crippen molar-refractivity contribution in [1.29, 1.82) is 0 Å². The number of hydrogen-bond acceptors (Lipinski definition) is 5. The Morgan fingerprint density at radius 3 is 2.31 bits per heavy atom. The summed E-state index contributed by atoms with van der Waals surface area (Å²) >= 11 is 0. The lowest BCUT2D eigenvalue weighted by molar-refractivity contribution is 0.0476. The Kier molecular flexibility index (Phi) is 9.67. The van der Waals surface area contributed by atoms with Gasteiger partial charge in [-0.3, -0.25) is 4.99 Å². The van der Waals surface area contributed by atoms with Gasteiger partial charge in [-0.15, -0.1) is 0 Å². The molecule has 4 N–H and O–H groups in total. The second-order valence-electron chi connectivity index (χ2n) is 9.10. The number of amides is 1. The van der Waals surface area contributed by atoms with Gasteiger partial charge in [0.1, 0.15) is 5.60 Å². The Morgan fingerprint density at radius 1 is 1.14 bits per heavy atom. The monoisotopic (exact) mass is 433 g/mol. The molecule has 1 aliphatic rings. The number of rotatable bonds is 10. The molecule has 29 heavy (non-hydrogen) atoms. The van der Waals surface area contributed by atoms with Gasteiger partial charge < -0.3 is 20.7 Å². The molecule has 170 valence electrons. The number of alkyl carbamates (subject to hydrolysis) is 1. The molecular weight excluding hydrogens is 394 g/mol. The van der Waals surface area contributed by atoms with Crippen LogP contribution in [0.5, 0.6) is 0 Å². The first kappa shape index (κ1) is 25.5. The highest BCUT2D eigenvalue weighted by Gasteiger charge is 2.24. The minimum atomic E-state index is -3.31. The van der Waals surface area contributed by atoms with Crippen molar-refractivity contribution in [2.75, 3.05) is 31.9 Å². The third kappa shape index (κ3) is 11.9. The van der Waals surface area contributed by atoms with Gasteiger partial charge in [0.2, 0.25) is 10.0 Å². The average molecular weight is 434 g/mol. The van der Waals surface area contributed by atoms with Gasteiger partial charge in [-0.05, 0) is 60.3 Å². The van der Waals surface area contributed by atoms with E-state index < -0.39 is 27.3 Å². The molecular formula is C19H39N5O4S. The second-order valence-corrected chi connectivity index (χ2v) is 11.0. The van der Waals surface area contributed by atoms with Crippen molar-refractivity contribution >= 4 is 22.1 Å². The highest BCUT2D eigenvalue weighted by molar-refractivity contribution is 7.89. The molecule has 0 aromatic carbocycles. The largest absolute Gasteiger partial charge is 0.444 e. The number of aliphatic imine (C=N–C) groups is 1. The van der Waals surface area contributed by atoms with Crippen LogP contribution in [-0.4, -0.2) is 63.5 Å². The molecule has 0 aliphatic heterocycles. The molecule has 0 spiro atoms. The van der Waals surface area contributed by atoms with Gasteiger partial charge in [0.25, 0.3) is 0 Å². The smallest absolute Gasteiger partial charge is 0.408 e. The molecule has 1 saturated carbocycles. The summed E-state index contributed by atoms with van der Waals surface area (Å²) in [5.74, 6) is 0.959. The summed E-state index contributed by atoms with van der Waals surface area (Å²) in [5, 5.41) is 8.91. The third-order valence-electron chi connectivity index (χ3n) is 4.30. The fourth-order valence-corrected chi connectivity index (χ4v) is 3.56. The van der Waals surface area contributed by atoms with E-state index in [4.69, 9.17) is 4.74 Å². The molecule has 10 heteroatoms. The summed E-state index contributed by atoms with van der Waals surface area (Å²) in [5.41, 5.74) is -1.20. The summed E-state index contributed by atoms with van der Waals surface area (Å²) in [6.45, 7) is 12.7. The Hall–Kier alpha value is -1.55. The minimum Gasteiger partial charge on any atom is -0.444 e. The lowest BCUT2D eigenvalue weighted by Gasteiger charge is -2.27. The highest BCUT2D eigenvalue weighted by atomic mass is 32.2. The van der Waals surface area contributed by atoms with Gasteiger partial charge in [-0.2, -0.15) is 0 Å². The van der Waals surface area contributed by atoms with Gasteiger partial charge in [0, 0.05) is 19.6 Å². The van der Waals surface area contributed by atoms with E-state index in [0.717, 1.165) is 12.8 Å². The van der Waals surface area contributed by atoms with Crippen LogP contribution in [-0.2, 0) is 14.8 Å². The summed E-state index contributed by atoms with van der Waals surface area (Å²) in [6.07, 6.45) is 2.89. The molecule has 9 nitrogen and oxygen atoms in total. The normalized spacial score (nSPS) is 16.1. The molecule has 1 amide bonds. The van der Waals surface area contributed by atoms with E-state index in [1.54, 1.807) is 20.8 Å². The standard InChI is InChI=1S/C19H39N5O4S/c1-7-20-16(21-11-12-29(26,27)23-13-15-9-8-10-15)22-14-19(5,6)24-17(25)28-18(2,3)4/h15,23H,7-14H2,1-6H3,(H,24,25)(H2,20,21,22). The minimum absolute atomic E-state index is 0.0241. The first-order valence-electron chi connectivity index (χ1n) is 10.3. The molecule has 0 bridgehead atoms. The first-order chi connectivity index (χ1) is 13.3. The Labute approximate surface area is 175 Å². The van der Waals surface area contributed by atoms with Crippen molar-refractivity contribution in [2.45, 2.75) is 71.9 Å². The molecule has 0 aromatic rings. The van der Waals surface area contributed by atoms with E-state index in [9.17, 15) is 13.2 Å². The second kappa shape index (κ2) is 11.0.